The van der Waals surface area contributed by atoms with Gasteiger partial charge in [0.1, 0.15) is 0 Å². The monoisotopic (exact) mass is 425 g/mol. The lowest BCUT2D eigenvalue weighted by Crippen LogP contribution is -2.41. The summed E-state index contributed by atoms with van der Waals surface area (Å²) < 4.78 is 7.19. The van der Waals surface area contributed by atoms with Crippen LogP contribution < -0.4 is 5.56 Å². The zero-order valence-corrected chi connectivity index (χ0v) is 18.0. The fraction of sp³-hybridized carbons (Fsp3) is 0.696. The van der Waals surface area contributed by atoms with Crippen molar-refractivity contribution in [2.75, 3.05) is 32.8 Å². The van der Waals surface area contributed by atoms with E-state index in [4.69, 9.17) is 9.72 Å². The van der Waals surface area contributed by atoms with Crippen molar-refractivity contribution in [1.82, 2.24) is 24.4 Å². The SMILES string of the molecule is O=C(C1CC1)N1CCc2nc3cc([C@H]4CCCCN4C[C@H]4CCOC4)[nH]n3c(=O)c2C1. The summed E-state index contributed by atoms with van der Waals surface area (Å²) in [5.41, 5.74) is 3.27. The minimum atomic E-state index is -0.0499. The lowest BCUT2D eigenvalue weighted by Gasteiger charge is -2.36. The number of ether oxygens (including phenoxy) is 1. The third-order valence-electron chi connectivity index (χ3n) is 7.51. The van der Waals surface area contributed by atoms with Gasteiger partial charge >= 0.3 is 0 Å². The molecule has 8 nitrogen and oxygen atoms in total. The molecule has 3 fully saturated rings. The molecule has 2 aromatic rings. The van der Waals surface area contributed by atoms with Crippen molar-refractivity contribution in [3.05, 3.63) is 33.4 Å². The van der Waals surface area contributed by atoms with Crippen LogP contribution in [0.3, 0.4) is 0 Å². The summed E-state index contributed by atoms with van der Waals surface area (Å²) in [4.78, 5) is 35.1. The quantitative estimate of drug-likeness (QED) is 0.809. The van der Waals surface area contributed by atoms with Crippen LogP contribution in [0, 0.1) is 11.8 Å². The largest absolute Gasteiger partial charge is 0.381 e. The predicted molar refractivity (Wildman–Crippen MR) is 115 cm³/mol. The van der Waals surface area contributed by atoms with E-state index in [1.807, 2.05) is 4.90 Å². The number of aromatic nitrogens is 3. The molecular formula is C23H31N5O3. The molecule has 8 heteroatoms. The average molecular weight is 426 g/mol. The molecule has 1 N–H and O–H groups in total. The second kappa shape index (κ2) is 7.74. The van der Waals surface area contributed by atoms with E-state index in [1.54, 1.807) is 4.52 Å². The van der Waals surface area contributed by atoms with E-state index < -0.39 is 0 Å². The fourth-order valence-corrected chi connectivity index (χ4v) is 5.57. The summed E-state index contributed by atoms with van der Waals surface area (Å²) in [6.45, 7) is 4.94. The molecular weight excluding hydrogens is 394 g/mol. The Bertz CT molecular complexity index is 1050. The van der Waals surface area contributed by atoms with Gasteiger partial charge in [0.2, 0.25) is 5.91 Å². The molecule has 1 saturated carbocycles. The summed E-state index contributed by atoms with van der Waals surface area (Å²) >= 11 is 0. The first-order valence-corrected chi connectivity index (χ1v) is 11.9. The molecule has 0 radical (unpaired) electrons. The lowest BCUT2D eigenvalue weighted by molar-refractivity contribution is -0.133. The van der Waals surface area contributed by atoms with Crippen molar-refractivity contribution in [3.8, 4) is 0 Å². The maximum Gasteiger partial charge on any atom is 0.277 e. The van der Waals surface area contributed by atoms with Crippen LogP contribution in [0.4, 0.5) is 0 Å². The molecule has 2 saturated heterocycles. The average Bonchev–Trinajstić information content (AvgIpc) is 3.35. The number of nitrogens with one attached hydrogen (secondary N) is 1. The molecule has 0 aromatic carbocycles. The molecule has 3 aliphatic heterocycles. The Balaban J connectivity index is 1.29. The molecule has 31 heavy (non-hydrogen) atoms. The molecule has 1 amide bonds. The van der Waals surface area contributed by atoms with Crippen molar-refractivity contribution >= 4 is 11.6 Å². The van der Waals surface area contributed by atoms with Crippen molar-refractivity contribution < 1.29 is 9.53 Å². The van der Waals surface area contributed by atoms with Gasteiger partial charge in [0.25, 0.3) is 5.56 Å². The second-order valence-corrected chi connectivity index (χ2v) is 9.77. The van der Waals surface area contributed by atoms with Crippen LogP contribution in [-0.4, -0.2) is 63.2 Å². The van der Waals surface area contributed by atoms with Crippen molar-refractivity contribution in [1.29, 1.82) is 0 Å². The molecule has 0 bridgehead atoms. The highest BCUT2D eigenvalue weighted by atomic mass is 16.5. The van der Waals surface area contributed by atoms with Crippen molar-refractivity contribution in [2.45, 2.75) is 57.5 Å². The number of piperidine rings is 1. The Kier molecular flexibility index (Phi) is 4.87. The Morgan fingerprint density at radius 1 is 1.19 bits per heavy atom. The number of nitrogens with zero attached hydrogens (tertiary/aromatic N) is 4. The minimum absolute atomic E-state index is 0.0499. The number of carbonyl (C=O) groups excluding carboxylic acids is 1. The second-order valence-electron chi connectivity index (χ2n) is 9.77. The third kappa shape index (κ3) is 3.59. The number of H-pyrrole nitrogens is 1. The van der Waals surface area contributed by atoms with Crippen molar-refractivity contribution in [3.63, 3.8) is 0 Å². The molecule has 5 heterocycles. The molecule has 2 atom stereocenters. The molecule has 0 spiro atoms. The molecule has 166 valence electrons. The summed E-state index contributed by atoms with van der Waals surface area (Å²) in [6, 6.07) is 2.36. The van der Waals surface area contributed by atoms with Crippen LogP contribution in [-0.2, 0) is 22.5 Å². The zero-order chi connectivity index (χ0) is 20.9. The van der Waals surface area contributed by atoms with Crippen LogP contribution >= 0.6 is 0 Å². The van der Waals surface area contributed by atoms with Gasteiger partial charge < -0.3 is 9.64 Å². The maximum absolute atomic E-state index is 13.3. The number of hydrogen-bond acceptors (Lipinski definition) is 5. The number of hydrogen-bond donors (Lipinski definition) is 1. The van der Waals surface area contributed by atoms with Crippen LogP contribution in [0.2, 0.25) is 0 Å². The molecule has 0 unspecified atom stereocenters. The number of aromatic amines is 1. The highest BCUT2D eigenvalue weighted by Crippen LogP contribution is 2.33. The number of fused-ring (bicyclic) bond motifs is 2. The Labute approximate surface area is 181 Å². The predicted octanol–water partition coefficient (Wildman–Crippen LogP) is 1.88. The van der Waals surface area contributed by atoms with Gasteiger partial charge in [0, 0.05) is 38.1 Å². The van der Waals surface area contributed by atoms with Gasteiger partial charge in [-0.2, -0.15) is 0 Å². The number of amides is 1. The first-order chi connectivity index (χ1) is 15.2. The first kappa shape index (κ1) is 19.5. The number of carbonyl (C=O) groups is 1. The Hall–Kier alpha value is -2.19. The van der Waals surface area contributed by atoms with Crippen LogP contribution in [0.1, 0.15) is 61.5 Å². The number of likely N-dealkylation sites (tertiary alicyclic amines) is 1. The topological polar surface area (TPSA) is 82.9 Å². The highest BCUT2D eigenvalue weighted by Gasteiger charge is 2.36. The Morgan fingerprint density at radius 3 is 2.90 bits per heavy atom. The van der Waals surface area contributed by atoms with E-state index in [-0.39, 0.29) is 17.4 Å². The highest BCUT2D eigenvalue weighted by molar-refractivity contribution is 5.81. The maximum atomic E-state index is 13.3. The Morgan fingerprint density at radius 2 is 2.10 bits per heavy atom. The standard InChI is InChI=1S/C23H31N5O3/c29-22(16-4-5-16)27-9-6-18-17(13-27)23(30)28-21(24-18)11-19(25-28)20-3-1-2-8-26(20)12-15-7-10-31-14-15/h11,15-16,20,25H,1-10,12-14H2/t15-,20-/m1/s1. The van der Waals surface area contributed by atoms with Gasteiger partial charge in [-0.15, -0.1) is 0 Å². The number of rotatable bonds is 4. The van der Waals surface area contributed by atoms with Gasteiger partial charge in [-0.25, -0.2) is 9.50 Å². The molecule has 1 aliphatic carbocycles. The van der Waals surface area contributed by atoms with Crippen LogP contribution in [0.15, 0.2) is 10.9 Å². The molecule has 2 aromatic heterocycles. The van der Waals surface area contributed by atoms with E-state index in [2.05, 4.69) is 16.1 Å². The molecule has 6 rings (SSSR count). The van der Waals surface area contributed by atoms with Crippen molar-refractivity contribution in [2.24, 2.45) is 11.8 Å². The zero-order valence-electron chi connectivity index (χ0n) is 18.0. The summed E-state index contributed by atoms with van der Waals surface area (Å²) in [5.74, 6) is 0.991. The van der Waals surface area contributed by atoms with E-state index in [0.29, 0.717) is 42.7 Å². The molecule has 4 aliphatic rings. The first-order valence-electron chi connectivity index (χ1n) is 11.9. The summed E-state index contributed by atoms with van der Waals surface area (Å²) in [5, 5.41) is 3.38. The van der Waals surface area contributed by atoms with Crippen LogP contribution in [0.25, 0.3) is 5.65 Å². The lowest BCUT2D eigenvalue weighted by atomic mass is 9.97. The van der Waals surface area contributed by atoms with E-state index in [9.17, 15) is 9.59 Å². The minimum Gasteiger partial charge on any atom is -0.381 e. The smallest absolute Gasteiger partial charge is 0.277 e. The van der Waals surface area contributed by atoms with E-state index in [1.165, 1.54) is 12.8 Å². The fourth-order valence-electron chi connectivity index (χ4n) is 5.57. The summed E-state index contributed by atoms with van der Waals surface area (Å²) in [6.07, 6.45) is 7.30. The van der Waals surface area contributed by atoms with Gasteiger partial charge in [-0.1, -0.05) is 6.42 Å². The van der Waals surface area contributed by atoms with Gasteiger partial charge in [0.05, 0.1) is 36.1 Å². The summed E-state index contributed by atoms with van der Waals surface area (Å²) in [7, 11) is 0. The van der Waals surface area contributed by atoms with E-state index >= 15 is 0 Å². The third-order valence-corrected chi connectivity index (χ3v) is 7.51. The van der Waals surface area contributed by atoms with Gasteiger partial charge in [-0.3, -0.25) is 19.6 Å². The van der Waals surface area contributed by atoms with Gasteiger partial charge in [0.15, 0.2) is 5.65 Å². The van der Waals surface area contributed by atoms with Crippen LogP contribution in [0.5, 0.6) is 0 Å². The van der Waals surface area contributed by atoms with E-state index in [0.717, 1.165) is 63.4 Å². The van der Waals surface area contributed by atoms with Gasteiger partial charge in [-0.05, 0) is 44.6 Å². The normalized spacial score (nSPS) is 27.0.